The highest BCUT2D eigenvalue weighted by Crippen LogP contribution is 2.06. The Morgan fingerprint density at radius 2 is 2.27 bits per heavy atom. The third-order valence-electron chi connectivity index (χ3n) is 1.31. The second kappa shape index (κ2) is 2.75. The summed E-state index contributed by atoms with van der Waals surface area (Å²) in [5.41, 5.74) is 6.85. The van der Waals surface area contributed by atoms with Crippen LogP contribution in [0.15, 0.2) is 24.7 Å². The summed E-state index contributed by atoms with van der Waals surface area (Å²) in [7, 11) is 0. The van der Waals surface area contributed by atoms with Crippen molar-refractivity contribution in [2.24, 2.45) is 0 Å². The highest BCUT2D eigenvalue weighted by atomic mass is 35.5. The van der Waals surface area contributed by atoms with Gasteiger partial charge in [0.25, 0.3) is 0 Å². The van der Waals surface area contributed by atoms with Gasteiger partial charge < -0.3 is 5.73 Å². The fourth-order valence-electron chi connectivity index (χ4n) is 0.846. The van der Waals surface area contributed by atoms with Crippen LogP contribution in [0.2, 0.25) is 0 Å². The Bertz CT molecular complexity index is 356. The highest BCUT2D eigenvalue weighted by Gasteiger charge is 1.96. The Hall–Kier alpha value is -1.29. The lowest BCUT2D eigenvalue weighted by atomic mass is 10.5. The number of halogens is 1. The zero-order valence-corrected chi connectivity index (χ0v) is 6.45. The lowest BCUT2D eigenvalue weighted by Gasteiger charge is -1.88. The van der Waals surface area contributed by atoms with Crippen LogP contribution in [0.3, 0.4) is 0 Å². The Morgan fingerprint density at radius 1 is 1.45 bits per heavy atom. The Morgan fingerprint density at radius 3 is 3.00 bits per heavy atom. The van der Waals surface area contributed by atoms with Crippen molar-refractivity contribution in [1.82, 2.24) is 14.6 Å². The van der Waals surface area contributed by atoms with E-state index >= 15 is 0 Å². The van der Waals surface area contributed by atoms with Crippen molar-refractivity contribution < 1.29 is 0 Å². The van der Waals surface area contributed by atoms with Gasteiger partial charge in [0.15, 0.2) is 5.65 Å². The van der Waals surface area contributed by atoms with Gasteiger partial charge in [-0.25, -0.2) is 9.50 Å². The fraction of sp³-hybridized carbons (Fsp3) is 0. The molecule has 2 aromatic heterocycles. The average molecular weight is 171 g/mol. The molecular weight excluding hydrogens is 164 g/mol. The molecule has 0 spiro atoms. The predicted molar refractivity (Wildman–Crippen MR) is 44.6 cm³/mol. The van der Waals surface area contributed by atoms with Gasteiger partial charge in [0.05, 0.1) is 11.9 Å². The maximum Gasteiger partial charge on any atom is 0.178 e. The topological polar surface area (TPSA) is 56.2 Å². The van der Waals surface area contributed by atoms with Crippen LogP contribution >= 0.6 is 12.4 Å². The largest absolute Gasteiger partial charge is 0.394 e. The van der Waals surface area contributed by atoms with Crippen LogP contribution in [-0.4, -0.2) is 14.6 Å². The summed E-state index contributed by atoms with van der Waals surface area (Å²) in [5.74, 6) is 0. The van der Waals surface area contributed by atoms with Crippen molar-refractivity contribution in [2.45, 2.75) is 0 Å². The minimum Gasteiger partial charge on any atom is -0.394 e. The van der Waals surface area contributed by atoms with Gasteiger partial charge in [0, 0.05) is 12.4 Å². The molecule has 0 radical (unpaired) electrons. The molecule has 11 heavy (non-hydrogen) atoms. The fourth-order valence-corrected chi connectivity index (χ4v) is 0.846. The molecular formula is C6H7ClN4. The van der Waals surface area contributed by atoms with Crippen LogP contribution in [0.25, 0.3) is 5.65 Å². The number of nitrogens with zero attached hydrogens (tertiary/aromatic N) is 3. The Labute approximate surface area is 69.5 Å². The molecule has 0 saturated carbocycles. The average Bonchev–Trinajstić information content (AvgIpc) is 2.34. The second-order valence-electron chi connectivity index (χ2n) is 1.99. The third-order valence-corrected chi connectivity index (χ3v) is 1.31. The third kappa shape index (κ3) is 1.12. The molecule has 0 aliphatic rings. The number of hydrogen-bond donors (Lipinski definition) is 1. The van der Waals surface area contributed by atoms with E-state index in [4.69, 9.17) is 5.73 Å². The first-order chi connectivity index (χ1) is 4.88. The number of nitrogen functional groups attached to an aromatic ring is 1. The quantitative estimate of drug-likeness (QED) is 0.634. The van der Waals surface area contributed by atoms with Crippen molar-refractivity contribution >= 4 is 23.7 Å². The maximum absolute atomic E-state index is 5.53. The summed E-state index contributed by atoms with van der Waals surface area (Å²) in [4.78, 5) is 4.02. The first kappa shape index (κ1) is 7.81. The van der Waals surface area contributed by atoms with E-state index in [1.807, 2.05) is 0 Å². The van der Waals surface area contributed by atoms with Gasteiger partial charge in [0.1, 0.15) is 0 Å². The molecule has 0 atom stereocenters. The highest BCUT2D eigenvalue weighted by molar-refractivity contribution is 5.85. The molecule has 2 heterocycles. The molecule has 2 aromatic rings. The monoisotopic (exact) mass is 170 g/mol. The molecule has 0 amide bonds. The van der Waals surface area contributed by atoms with E-state index in [-0.39, 0.29) is 12.4 Å². The summed E-state index contributed by atoms with van der Waals surface area (Å²) < 4.78 is 1.63. The molecule has 0 aliphatic carbocycles. The van der Waals surface area contributed by atoms with Crippen LogP contribution in [0.4, 0.5) is 5.69 Å². The molecule has 0 aliphatic heterocycles. The second-order valence-corrected chi connectivity index (χ2v) is 1.99. The molecule has 0 fully saturated rings. The summed E-state index contributed by atoms with van der Waals surface area (Å²) in [6, 6.07) is 1.80. The van der Waals surface area contributed by atoms with Gasteiger partial charge in [-0.15, -0.1) is 12.4 Å². The van der Waals surface area contributed by atoms with Crippen LogP contribution in [0.1, 0.15) is 0 Å². The molecule has 0 unspecified atom stereocenters. The molecule has 0 aromatic carbocycles. The van der Waals surface area contributed by atoms with Gasteiger partial charge >= 0.3 is 0 Å². The first-order valence-electron chi connectivity index (χ1n) is 2.92. The molecule has 4 nitrogen and oxygen atoms in total. The van der Waals surface area contributed by atoms with Crippen LogP contribution in [0, 0.1) is 0 Å². The van der Waals surface area contributed by atoms with Gasteiger partial charge in [-0.05, 0) is 6.07 Å². The number of anilines is 1. The van der Waals surface area contributed by atoms with Crippen LogP contribution < -0.4 is 5.73 Å². The maximum atomic E-state index is 5.53. The van der Waals surface area contributed by atoms with Gasteiger partial charge in [0.2, 0.25) is 0 Å². The standard InChI is InChI=1S/C6H6N4.ClH/c7-5-4-9-10-3-1-2-8-6(5)10;/h1-4H,7H2;1H. The lowest BCUT2D eigenvalue weighted by Crippen LogP contribution is -1.89. The van der Waals surface area contributed by atoms with E-state index in [1.165, 1.54) is 0 Å². The summed E-state index contributed by atoms with van der Waals surface area (Å²) in [5, 5.41) is 3.95. The van der Waals surface area contributed by atoms with E-state index in [1.54, 1.807) is 29.2 Å². The summed E-state index contributed by atoms with van der Waals surface area (Å²) >= 11 is 0. The Balaban J connectivity index is 0.000000605. The zero-order valence-electron chi connectivity index (χ0n) is 5.64. The van der Waals surface area contributed by atoms with Gasteiger partial charge in [-0.2, -0.15) is 5.10 Å². The van der Waals surface area contributed by atoms with E-state index in [9.17, 15) is 0 Å². The van der Waals surface area contributed by atoms with Gasteiger partial charge in [-0.1, -0.05) is 0 Å². The number of fused-ring (bicyclic) bond motifs is 1. The van der Waals surface area contributed by atoms with E-state index in [0.717, 1.165) is 0 Å². The number of rotatable bonds is 0. The molecule has 0 bridgehead atoms. The molecule has 0 saturated heterocycles. The van der Waals surface area contributed by atoms with E-state index < -0.39 is 0 Å². The summed E-state index contributed by atoms with van der Waals surface area (Å²) in [6.45, 7) is 0. The zero-order chi connectivity index (χ0) is 6.97. The van der Waals surface area contributed by atoms with Crippen LogP contribution in [-0.2, 0) is 0 Å². The van der Waals surface area contributed by atoms with E-state index in [2.05, 4.69) is 10.1 Å². The number of hydrogen-bond acceptors (Lipinski definition) is 3. The van der Waals surface area contributed by atoms with Crippen LogP contribution in [0.5, 0.6) is 0 Å². The molecule has 5 heteroatoms. The van der Waals surface area contributed by atoms with E-state index in [0.29, 0.717) is 11.3 Å². The number of nitrogens with two attached hydrogens (primary N) is 1. The van der Waals surface area contributed by atoms with Gasteiger partial charge in [-0.3, -0.25) is 0 Å². The van der Waals surface area contributed by atoms with Crippen molar-refractivity contribution in [2.75, 3.05) is 5.73 Å². The molecule has 58 valence electrons. The lowest BCUT2D eigenvalue weighted by molar-refractivity contribution is 0.939. The Kier molecular flexibility index (Phi) is 1.96. The predicted octanol–water partition coefficient (Wildman–Crippen LogP) is 0.733. The smallest absolute Gasteiger partial charge is 0.178 e. The minimum atomic E-state index is 0. The molecule has 2 N–H and O–H groups in total. The SMILES string of the molecule is Cl.Nc1cnn2cccnc12. The number of aromatic nitrogens is 3. The van der Waals surface area contributed by atoms with Crippen molar-refractivity contribution in [1.29, 1.82) is 0 Å². The summed E-state index contributed by atoms with van der Waals surface area (Å²) in [6.07, 6.45) is 5.08. The normalized spacial score (nSPS) is 9.45. The van der Waals surface area contributed by atoms with Crippen molar-refractivity contribution in [3.63, 3.8) is 0 Å². The first-order valence-corrected chi connectivity index (χ1v) is 2.92. The van der Waals surface area contributed by atoms with Crippen molar-refractivity contribution in [3.05, 3.63) is 24.7 Å². The van der Waals surface area contributed by atoms with Crippen molar-refractivity contribution in [3.8, 4) is 0 Å². The molecule has 2 rings (SSSR count). The minimum absolute atomic E-state index is 0.